The Balaban J connectivity index is 2.25. The van der Waals surface area contributed by atoms with Gasteiger partial charge in [-0.05, 0) is 0 Å². The molecule has 1 aromatic heterocycles. The first kappa shape index (κ1) is 10.0. The fourth-order valence-corrected chi connectivity index (χ4v) is 2.03. The van der Waals surface area contributed by atoms with Crippen LogP contribution in [-0.4, -0.2) is 19.4 Å². The standard InChI is InChI=1S/C12H12N2O3/c1-15-8-3-9-11(10(4-8)16-2)12-7(5-13-9)6-14-17-12/h3-4,6,13H,5H2,1-2H3. The minimum absolute atomic E-state index is 0.697. The summed E-state index contributed by atoms with van der Waals surface area (Å²) in [5, 5.41) is 7.11. The van der Waals surface area contributed by atoms with Gasteiger partial charge in [0.2, 0.25) is 0 Å². The lowest BCUT2D eigenvalue weighted by atomic mass is 10.0. The number of hydrogen-bond donors (Lipinski definition) is 1. The van der Waals surface area contributed by atoms with Crippen LogP contribution in [0.15, 0.2) is 22.9 Å². The van der Waals surface area contributed by atoms with E-state index >= 15 is 0 Å². The van der Waals surface area contributed by atoms with Gasteiger partial charge < -0.3 is 19.3 Å². The van der Waals surface area contributed by atoms with Crippen molar-refractivity contribution in [1.82, 2.24) is 5.16 Å². The van der Waals surface area contributed by atoms with Gasteiger partial charge in [0, 0.05) is 24.2 Å². The van der Waals surface area contributed by atoms with E-state index in [0.29, 0.717) is 12.3 Å². The molecule has 0 radical (unpaired) electrons. The molecule has 5 nitrogen and oxygen atoms in total. The number of ether oxygens (including phenoxy) is 2. The molecule has 0 saturated carbocycles. The summed E-state index contributed by atoms with van der Waals surface area (Å²) in [4.78, 5) is 0. The van der Waals surface area contributed by atoms with Gasteiger partial charge in [0.25, 0.3) is 0 Å². The second-order valence-electron chi connectivity index (χ2n) is 3.79. The summed E-state index contributed by atoms with van der Waals surface area (Å²) in [6.07, 6.45) is 1.72. The third-order valence-corrected chi connectivity index (χ3v) is 2.87. The first-order chi connectivity index (χ1) is 8.33. The van der Waals surface area contributed by atoms with Gasteiger partial charge >= 0.3 is 0 Å². The smallest absolute Gasteiger partial charge is 0.177 e. The van der Waals surface area contributed by atoms with Gasteiger partial charge in [-0.2, -0.15) is 0 Å². The highest BCUT2D eigenvalue weighted by Gasteiger charge is 2.24. The molecule has 1 aromatic carbocycles. The van der Waals surface area contributed by atoms with E-state index in [-0.39, 0.29) is 0 Å². The first-order valence-electron chi connectivity index (χ1n) is 5.27. The van der Waals surface area contributed by atoms with Crippen molar-refractivity contribution in [1.29, 1.82) is 0 Å². The number of fused-ring (bicyclic) bond motifs is 3. The largest absolute Gasteiger partial charge is 0.497 e. The Morgan fingerprint density at radius 2 is 2.18 bits per heavy atom. The Morgan fingerprint density at radius 1 is 1.29 bits per heavy atom. The van der Waals surface area contributed by atoms with E-state index in [2.05, 4.69) is 10.5 Å². The molecule has 1 N–H and O–H groups in total. The molecule has 0 amide bonds. The number of rotatable bonds is 2. The van der Waals surface area contributed by atoms with E-state index in [0.717, 1.165) is 28.3 Å². The lowest BCUT2D eigenvalue weighted by molar-refractivity contribution is 0.391. The fourth-order valence-electron chi connectivity index (χ4n) is 2.03. The van der Waals surface area contributed by atoms with Gasteiger partial charge in [-0.3, -0.25) is 0 Å². The second-order valence-corrected chi connectivity index (χ2v) is 3.79. The molecule has 1 aliphatic rings. The van der Waals surface area contributed by atoms with Crippen LogP contribution in [0, 0.1) is 0 Å². The van der Waals surface area contributed by atoms with Crippen molar-refractivity contribution >= 4 is 5.69 Å². The summed E-state index contributed by atoms with van der Waals surface area (Å²) in [7, 11) is 3.25. The molecule has 5 heteroatoms. The molecule has 17 heavy (non-hydrogen) atoms. The van der Waals surface area contributed by atoms with E-state index in [1.807, 2.05) is 12.1 Å². The lowest BCUT2D eigenvalue weighted by Gasteiger charge is -2.19. The summed E-state index contributed by atoms with van der Waals surface area (Å²) in [5.41, 5.74) is 2.86. The molecule has 3 rings (SSSR count). The number of nitrogens with one attached hydrogen (secondary N) is 1. The van der Waals surface area contributed by atoms with Crippen LogP contribution in [0.1, 0.15) is 5.56 Å². The molecule has 0 atom stereocenters. The van der Waals surface area contributed by atoms with Crippen LogP contribution >= 0.6 is 0 Å². The van der Waals surface area contributed by atoms with Gasteiger partial charge in [-0.1, -0.05) is 5.16 Å². The van der Waals surface area contributed by atoms with E-state index in [4.69, 9.17) is 14.0 Å². The topological polar surface area (TPSA) is 56.5 Å². The molecular weight excluding hydrogens is 220 g/mol. The van der Waals surface area contributed by atoms with E-state index < -0.39 is 0 Å². The third-order valence-electron chi connectivity index (χ3n) is 2.87. The summed E-state index contributed by atoms with van der Waals surface area (Å²) in [6.45, 7) is 0.697. The zero-order valence-electron chi connectivity index (χ0n) is 9.61. The summed E-state index contributed by atoms with van der Waals surface area (Å²) < 4.78 is 15.9. The van der Waals surface area contributed by atoms with Gasteiger partial charge in [-0.15, -0.1) is 0 Å². The van der Waals surface area contributed by atoms with Crippen molar-refractivity contribution in [2.24, 2.45) is 0 Å². The SMILES string of the molecule is COc1cc2c(c(OC)c1)-c1oncc1CN2. The Morgan fingerprint density at radius 3 is 2.94 bits per heavy atom. The van der Waals surface area contributed by atoms with Crippen LogP contribution in [0.2, 0.25) is 0 Å². The highest BCUT2D eigenvalue weighted by Crippen LogP contribution is 2.44. The highest BCUT2D eigenvalue weighted by atomic mass is 16.5. The zero-order valence-corrected chi connectivity index (χ0v) is 9.61. The minimum atomic E-state index is 0.697. The van der Waals surface area contributed by atoms with Gasteiger partial charge in [0.1, 0.15) is 11.5 Å². The number of aromatic nitrogens is 1. The molecule has 0 spiro atoms. The van der Waals surface area contributed by atoms with Crippen molar-refractivity contribution in [3.63, 3.8) is 0 Å². The average Bonchev–Trinajstić information content (AvgIpc) is 2.85. The lowest BCUT2D eigenvalue weighted by Crippen LogP contribution is -2.08. The van der Waals surface area contributed by atoms with Crippen LogP contribution in [0.25, 0.3) is 11.3 Å². The van der Waals surface area contributed by atoms with Crippen LogP contribution < -0.4 is 14.8 Å². The second kappa shape index (κ2) is 3.69. The first-order valence-corrected chi connectivity index (χ1v) is 5.27. The van der Waals surface area contributed by atoms with Crippen LogP contribution in [0.5, 0.6) is 11.5 Å². The molecule has 0 saturated heterocycles. The summed E-state index contributed by atoms with van der Waals surface area (Å²) >= 11 is 0. The molecule has 0 bridgehead atoms. The predicted octanol–water partition coefficient (Wildman–Crippen LogP) is 2.28. The van der Waals surface area contributed by atoms with Crippen molar-refractivity contribution in [3.8, 4) is 22.8 Å². The van der Waals surface area contributed by atoms with Crippen LogP contribution in [0.3, 0.4) is 0 Å². The van der Waals surface area contributed by atoms with Crippen LogP contribution in [0.4, 0.5) is 5.69 Å². The normalized spacial score (nSPS) is 12.4. The highest BCUT2D eigenvalue weighted by molar-refractivity contribution is 5.85. The van der Waals surface area contributed by atoms with E-state index in [1.165, 1.54) is 0 Å². The molecule has 2 heterocycles. The van der Waals surface area contributed by atoms with Crippen molar-refractivity contribution in [2.75, 3.05) is 19.5 Å². The molecule has 2 aromatic rings. The molecule has 88 valence electrons. The van der Waals surface area contributed by atoms with Gasteiger partial charge in [-0.25, -0.2) is 0 Å². The number of nitrogens with zero attached hydrogens (tertiary/aromatic N) is 1. The predicted molar refractivity (Wildman–Crippen MR) is 62.4 cm³/mol. The molecule has 1 aliphatic heterocycles. The summed E-state index contributed by atoms with van der Waals surface area (Å²) in [6, 6.07) is 3.75. The van der Waals surface area contributed by atoms with Crippen molar-refractivity contribution in [2.45, 2.75) is 6.54 Å². The zero-order chi connectivity index (χ0) is 11.8. The molecule has 0 fully saturated rings. The van der Waals surface area contributed by atoms with Gasteiger partial charge in [0.15, 0.2) is 5.76 Å². The number of methoxy groups -OCH3 is 2. The van der Waals surface area contributed by atoms with Gasteiger partial charge in [0.05, 0.1) is 31.7 Å². The van der Waals surface area contributed by atoms with E-state index in [9.17, 15) is 0 Å². The Hall–Kier alpha value is -2.17. The Bertz CT molecular complexity index is 546. The quantitative estimate of drug-likeness (QED) is 0.860. The monoisotopic (exact) mass is 232 g/mol. The van der Waals surface area contributed by atoms with Crippen LogP contribution in [-0.2, 0) is 6.54 Å². The van der Waals surface area contributed by atoms with Crippen molar-refractivity contribution in [3.05, 3.63) is 23.9 Å². The maximum Gasteiger partial charge on any atom is 0.177 e. The maximum absolute atomic E-state index is 5.37. The molecular formula is C12H12N2O3. The fraction of sp³-hybridized carbons (Fsp3) is 0.250. The maximum atomic E-state index is 5.37. The summed E-state index contributed by atoms with van der Waals surface area (Å²) in [5.74, 6) is 2.22. The Kier molecular flexibility index (Phi) is 2.18. The van der Waals surface area contributed by atoms with E-state index in [1.54, 1.807) is 20.4 Å². The number of anilines is 1. The average molecular weight is 232 g/mol. The van der Waals surface area contributed by atoms with Crippen molar-refractivity contribution < 1.29 is 14.0 Å². The molecule has 0 unspecified atom stereocenters. The molecule has 0 aliphatic carbocycles. The Labute approximate surface area is 98.3 Å². The number of benzene rings is 1. The minimum Gasteiger partial charge on any atom is -0.497 e. The number of hydrogen-bond acceptors (Lipinski definition) is 5. The third kappa shape index (κ3) is 1.43.